The van der Waals surface area contributed by atoms with Gasteiger partial charge in [-0.2, -0.15) is 0 Å². The maximum absolute atomic E-state index is 13.3. The minimum atomic E-state index is -0.992. The summed E-state index contributed by atoms with van der Waals surface area (Å²) in [6.45, 7) is 3.15. The normalized spacial score (nSPS) is 18.9. The van der Waals surface area contributed by atoms with E-state index in [1.54, 1.807) is 17.2 Å². The Labute approximate surface area is 190 Å². The third-order valence-corrected chi connectivity index (χ3v) is 7.46. The average Bonchev–Trinajstić information content (AvgIpc) is 2.98. The fourth-order valence-electron chi connectivity index (χ4n) is 4.59. The Morgan fingerprint density at radius 2 is 1.84 bits per heavy atom. The van der Waals surface area contributed by atoms with Gasteiger partial charge in [0.05, 0.1) is 12.0 Å². The number of carbonyl (C=O) groups is 1. The number of halogens is 1. The third-order valence-electron chi connectivity index (χ3n) is 6.28. The second kappa shape index (κ2) is 9.28. The molecule has 4 rings (SSSR count). The standard InChI is InChI=1S/C23H27ClN2O4S/c1-31(29)19-5-3-18(4-6-19)30-15-13-25-10-8-23(9-11-25)20-16-17(24)2-7-21(20)26(12-14-27)22(23)28/h2-7,16,27H,8-15H2,1H3. The molecule has 1 saturated heterocycles. The van der Waals surface area contributed by atoms with E-state index in [2.05, 4.69) is 4.90 Å². The number of hydrogen-bond donors (Lipinski definition) is 1. The van der Waals surface area contributed by atoms with Gasteiger partial charge >= 0.3 is 0 Å². The van der Waals surface area contributed by atoms with E-state index in [9.17, 15) is 14.1 Å². The molecule has 1 atom stereocenters. The van der Waals surface area contributed by atoms with Crippen LogP contribution < -0.4 is 9.64 Å². The van der Waals surface area contributed by atoms with Crippen LogP contribution in [0.4, 0.5) is 5.69 Å². The Hall–Kier alpha value is -1.93. The molecule has 1 spiro atoms. The Kier molecular flexibility index (Phi) is 6.67. The number of β-amino-alcohol motifs (C(OH)–C–C–N with tert-alkyl or cyclic N) is 1. The number of aliphatic hydroxyl groups excluding tert-OH is 1. The Morgan fingerprint density at radius 3 is 2.48 bits per heavy atom. The largest absolute Gasteiger partial charge is 0.492 e. The van der Waals surface area contributed by atoms with Crippen molar-refractivity contribution in [3.63, 3.8) is 0 Å². The number of carbonyl (C=O) groups excluding carboxylic acids is 1. The van der Waals surface area contributed by atoms with Crippen molar-refractivity contribution < 1.29 is 18.8 Å². The van der Waals surface area contributed by atoms with Gasteiger partial charge in [-0.1, -0.05) is 11.6 Å². The van der Waals surface area contributed by atoms with Crippen LogP contribution in [0, 0.1) is 0 Å². The van der Waals surface area contributed by atoms with E-state index < -0.39 is 16.2 Å². The topological polar surface area (TPSA) is 70.1 Å². The predicted molar refractivity (Wildman–Crippen MR) is 123 cm³/mol. The van der Waals surface area contributed by atoms with Crippen LogP contribution in [0.15, 0.2) is 47.4 Å². The number of likely N-dealkylation sites (tertiary alicyclic amines) is 1. The Morgan fingerprint density at radius 1 is 1.13 bits per heavy atom. The number of fused-ring (bicyclic) bond motifs is 2. The highest BCUT2D eigenvalue weighted by molar-refractivity contribution is 7.84. The average molecular weight is 463 g/mol. The molecule has 8 heteroatoms. The van der Waals surface area contributed by atoms with Crippen LogP contribution >= 0.6 is 11.6 Å². The summed E-state index contributed by atoms with van der Waals surface area (Å²) in [6.07, 6.45) is 3.10. The summed E-state index contributed by atoms with van der Waals surface area (Å²) < 4.78 is 17.3. The van der Waals surface area contributed by atoms with E-state index in [4.69, 9.17) is 16.3 Å². The molecule has 2 aliphatic heterocycles. The van der Waals surface area contributed by atoms with E-state index in [1.165, 1.54) is 0 Å². The number of piperidine rings is 1. The van der Waals surface area contributed by atoms with Crippen molar-refractivity contribution in [2.45, 2.75) is 23.2 Å². The fourth-order valence-corrected chi connectivity index (χ4v) is 5.29. The smallest absolute Gasteiger partial charge is 0.237 e. The highest BCUT2D eigenvalue weighted by Gasteiger charge is 2.51. The minimum Gasteiger partial charge on any atom is -0.492 e. The lowest BCUT2D eigenvalue weighted by molar-refractivity contribution is -0.125. The number of rotatable bonds is 7. The molecule has 1 unspecified atom stereocenters. The summed E-state index contributed by atoms with van der Waals surface area (Å²) in [6, 6.07) is 12.9. The molecule has 166 valence electrons. The number of hydrogen-bond acceptors (Lipinski definition) is 5. The van der Waals surface area contributed by atoms with Gasteiger partial charge in [0, 0.05) is 45.8 Å². The van der Waals surface area contributed by atoms with E-state index in [-0.39, 0.29) is 12.5 Å². The summed E-state index contributed by atoms with van der Waals surface area (Å²) in [5.74, 6) is 0.833. The summed E-state index contributed by atoms with van der Waals surface area (Å²) in [4.78, 5) is 18.1. The molecule has 0 saturated carbocycles. The molecule has 1 amide bonds. The van der Waals surface area contributed by atoms with Crippen LogP contribution in [0.1, 0.15) is 18.4 Å². The molecule has 0 aromatic heterocycles. The van der Waals surface area contributed by atoms with Gasteiger partial charge in [0.15, 0.2) is 0 Å². The molecule has 0 aliphatic carbocycles. The first-order valence-electron chi connectivity index (χ1n) is 10.5. The molecule has 2 aromatic rings. The fraction of sp³-hybridized carbons (Fsp3) is 0.435. The van der Waals surface area contributed by atoms with Crippen LogP contribution in [0.5, 0.6) is 5.75 Å². The van der Waals surface area contributed by atoms with Gasteiger partial charge < -0.3 is 14.7 Å². The molecule has 0 radical (unpaired) electrons. The van der Waals surface area contributed by atoms with Crippen LogP contribution in [-0.2, 0) is 21.0 Å². The van der Waals surface area contributed by atoms with E-state index in [0.29, 0.717) is 18.2 Å². The van der Waals surface area contributed by atoms with Gasteiger partial charge in [-0.3, -0.25) is 13.9 Å². The number of aliphatic hydroxyl groups is 1. The zero-order valence-corrected chi connectivity index (χ0v) is 19.1. The summed E-state index contributed by atoms with van der Waals surface area (Å²) >= 11 is 6.26. The van der Waals surface area contributed by atoms with Crippen molar-refractivity contribution >= 4 is 34.0 Å². The molecule has 31 heavy (non-hydrogen) atoms. The molecule has 1 N–H and O–H groups in total. The second-order valence-corrected chi connectivity index (χ2v) is 9.86. The first kappa shape index (κ1) is 22.3. The van der Waals surface area contributed by atoms with Crippen molar-refractivity contribution in [1.82, 2.24) is 4.90 Å². The van der Waals surface area contributed by atoms with Gasteiger partial charge in [0.1, 0.15) is 12.4 Å². The van der Waals surface area contributed by atoms with Gasteiger partial charge in [0.25, 0.3) is 0 Å². The number of nitrogens with zero attached hydrogens (tertiary/aromatic N) is 2. The Balaban J connectivity index is 1.37. The summed E-state index contributed by atoms with van der Waals surface area (Å²) in [5, 5.41) is 10.1. The first-order chi connectivity index (χ1) is 14.9. The van der Waals surface area contributed by atoms with E-state index in [1.807, 2.05) is 36.4 Å². The maximum atomic E-state index is 13.3. The molecular weight excluding hydrogens is 436 g/mol. The number of amides is 1. The lowest BCUT2D eigenvalue weighted by Gasteiger charge is -2.38. The molecule has 1 fully saturated rings. The van der Waals surface area contributed by atoms with Crippen LogP contribution in [0.2, 0.25) is 5.02 Å². The quantitative estimate of drug-likeness (QED) is 0.685. The molecule has 0 bridgehead atoms. The summed E-state index contributed by atoms with van der Waals surface area (Å²) in [5.41, 5.74) is 1.30. The number of benzene rings is 2. The molecule has 2 aromatic carbocycles. The minimum absolute atomic E-state index is 0.0670. The third kappa shape index (κ3) is 4.37. The first-order valence-corrected chi connectivity index (χ1v) is 12.4. The van der Waals surface area contributed by atoms with Gasteiger partial charge in [-0.25, -0.2) is 0 Å². The van der Waals surface area contributed by atoms with Gasteiger partial charge in [-0.05, 0) is 74.0 Å². The molecule has 2 aliphatic rings. The van der Waals surface area contributed by atoms with Crippen molar-refractivity contribution in [3.05, 3.63) is 53.1 Å². The molecule has 6 nitrogen and oxygen atoms in total. The van der Waals surface area contributed by atoms with Gasteiger partial charge in [-0.15, -0.1) is 0 Å². The monoisotopic (exact) mass is 462 g/mol. The molecular formula is C23H27ClN2O4S. The zero-order chi connectivity index (χ0) is 22.0. The lowest BCUT2D eigenvalue weighted by atomic mass is 9.73. The van der Waals surface area contributed by atoms with Crippen LogP contribution in [0.3, 0.4) is 0 Å². The van der Waals surface area contributed by atoms with Crippen molar-refractivity contribution in [2.24, 2.45) is 0 Å². The van der Waals surface area contributed by atoms with E-state index in [0.717, 1.165) is 54.4 Å². The van der Waals surface area contributed by atoms with E-state index >= 15 is 0 Å². The number of anilines is 1. The van der Waals surface area contributed by atoms with Gasteiger partial charge in [0.2, 0.25) is 5.91 Å². The molecule has 2 heterocycles. The second-order valence-electron chi connectivity index (χ2n) is 8.04. The predicted octanol–water partition coefficient (Wildman–Crippen LogP) is 2.83. The van der Waals surface area contributed by atoms with Crippen LogP contribution in [0.25, 0.3) is 0 Å². The zero-order valence-electron chi connectivity index (χ0n) is 17.6. The van der Waals surface area contributed by atoms with Crippen molar-refractivity contribution in [1.29, 1.82) is 0 Å². The number of ether oxygens (including phenoxy) is 1. The lowest BCUT2D eigenvalue weighted by Crippen LogP contribution is -2.49. The highest BCUT2D eigenvalue weighted by Crippen LogP contribution is 2.48. The van der Waals surface area contributed by atoms with Crippen molar-refractivity contribution in [2.75, 3.05) is 50.5 Å². The summed E-state index contributed by atoms with van der Waals surface area (Å²) in [7, 11) is -0.992. The SMILES string of the molecule is CS(=O)c1ccc(OCCN2CCC3(CC2)C(=O)N(CCO)c2ccc(Cl)cc23)cc1. The van der Waals surface area contributed by atoms with Crippen LogP contribution in [-0.4, -0.2) is 65.8 Å². The highest BCUT2D eigenvalue weighted by atomic mass is 35.5. The Bertz CT molecular complexity index is 974. The maximum Gasteiger partial charge on any atom is 0.237 e. The van der Waals surface area contributed by atoms with Crippen molar-refractivity contribution in [3.8, 4) is 5.75 Å².